The van der Waals surface area contributed by atoms with Crippen molar-refractivity contribution in [2.24, 2.45) is 0 Å². The van der Waals surface area contributed by atoms with Gasteiger partial charge in [0.25, 0.3) is 0 Å². The molecule has 0 spiro atoms. The van der Waals surface area contributed by atoms with E-state index in [0.717, 1.165) is 25.1 Å². The van der Waals surface area contributed by atoms with Crippen LogP contribution in [-0.2, 0) is 20.8 Å². The minimum absolute atomic E-state index is 0.0796. The standard InChI is InChI=1S/C13H22N4O3/c1-11-8-17(16-15-11)6-5-14-13(18)10-19-9-12-4-2-3-7-20-12/h8,12H,2-7,9-10H2,1H3,(H,14,18)/t12-/m1/s1. The van der Waals surface area contributed by atoms with Crippen LogP contribution in [0.15, 0.2) is 6.20 Å². The quantitative estimate of drug-likeness (QED) is 0.777. The summed E-state index contributed by atoms with van der Waals surface area (Å²) in [6.45, 7) is 4.38. The lowest BCUT2D eigenvalue weighted by Gasteiger charge is -2.22. The molecule has 0 radical (unpaired) electrons. The van der Waals surface area contributed by atoms with Crippen LogP contribution in [0.4, 0.5) is 0 Å². The third kappa shape index (κ3) is 5.26. The zero-order valence-electron chi connectivity index (χ0n) is 11.9. The van der Waals surface area contributed by atoms with Crippen LogP contribution in [0.3, 0.4) is 0 Å². The molecular formula is C13H22N4O3. The van der Waals surface area contributed by atoms with E-state index in [9.17, 15) is 4.79 Å². The number of rotatable bonds is 7. The average Bonchev–Trinajstić information content (AvgIpc) is 2.86. The highest BCUT2D eigenvalue weighted by Crippen LogP contribution is 2.12. The van der Waals surface area contributed by atoms with Gasteiger partial charge in [-0.2, -0.15) is 0 Å². The van der Waals surface area contributed by atoms with Gasteiger partial charge < -0.3 is 14.8 Å². The summed E-state index contributed by atoms with van der Waals surface area (Å²) in [5, 5.41) is 10.6. The van der Waals surface area contributed by atoms with Crippen molar-refractivity contribution in [3.63, 3.8) is 0 Å². The largest absolute Gasteiger partial charge is 0.376 e. The maximum Gasteiger partial charge on any atom is 0.246 e. The number of hydrogen-bond acceptors (Lipinski definition) is 5. The van der Waals surface area contributed by atoms with Crippen molar-refractivity contribution in [3.05, 3.63) is 11.9 Å². The monoisotopic (exact) mass is 282 g/mol. The molecule has 0 saturated carbocycles. The zero-order valence-corrected chi connectivity index (χ0v) is 11.9. The third-order valence-electron chi connectivity index (χ3n) is 3.13. The summed E-state index contributed by atoms with van der Waals surface area (Å²) >= 11 is 0. The Balaban J connectivity index is 1.51. The highest BCUT2D eigenvalue weighted by Gasteiger charge is 2.14. The number of carbonyl (C=O) groups excluding carboxylic acids is 1. The normalized spacial score (nSPS) is 18.9. The van der Waals surface area contributed by atoms with Gasteiger partial charge >= 0.3 is 0 Å². The summed E-state index contributed by atoms with van der Waals surface area (Å²) in [6, 6.07) is 0. The molecule has 7 heteroatoms. The summed E-state index contributed by atoms with van der Waals surface area (Å²) in [4.78, 5) is 11.6. The predicted molar refractivity (Wildman–Crippen MR) is 72.2 cm³/mol. The van der Waals surface area contributed by atoms with Gasteiger partial charge in [0.15, 0.2) is 0 Å². The minimum Gasteiger partial charge on any atom is -0.376 e. The molecule has 1 atom stereocenters. The Kier molecular flexibility index (Phi) is 5.94. The van der Waals surface area contributed by atoms with Gasteiger partial charge in [-0.15, -0.1) is 5.10 Å². The highest BCUT2D eigenvalue weighted by atomic mass is 16.5. The van der Waals surface area contributed by atoms with Crippen molar-refractivity contribution in [3.8, 4) is 0 Å². The van der Waals surface area contributed by atoms with Crippen LogP contribution in [0, 0.1) is 6.92 Å². The molecule has 2 heterocycles. The van der Waals surface area contributed by atoms with Crippen LogP contribution in [-0.4, -0.2) is 53.4 Å². The number of amides is 1. The molecule has 1 aliphatic heterocycles. The smallest absolute Gasteiger partial charge is 0.246 e. The molecule has 1 aliphatic rings. The molecule has 20 heavy (non-hydrogen) atoms. The first-order valence-electron chi connectivity index (χ1n) is 7.07. The molecular weight excluding hydrogens is 260 g/mol. The molecule has 0 unspecified atom stereocenters. The van der Waals surface area contributed by atoms with Crippen molar-refractivity contribution in [2.45, 2.75) is 38.8 Å². The van der Waals surface area contributed by atoms with E-state index in [1.807, 2.05) is 13.1 Å². The lowest BCUT2D eigenvalue weighted by atomic mass is 10.1. The van der Waals surface area contributed by atoms with Gasteiger partial charge in [0.2, 0.25) is 5.91 Å². The van der Waals surface area contributed by atoms with E-state index < -0.39 is 0 Å². The van der Waals surface area contributed by atoms with Crippen LogP contribution in [0.2, 0.25) is 0 Å². The molecule has 1 aromatic heterocycles. The number of hydrogen-bond donors (Lipinski definition) is 1. The summed E-state index contributed by atoms with van der Waals surface area (Å²) in [5.41, 5.74) is 0.868. The molecule has 1 N–H and O–H groups in total. The Bertz CT molecular complexity index is 416. The second kappa shape index (κ2) is 7.96. The fraction of sp³-hybridized carbons (Fsp3) is 0.769. The summed E-state index contributed by atoms with van der Waals surface area (Å²) < 4.78 is 12.6. The van der Waals surface area contributed by atoms with Crippen molar-refractivity contribution < 1.29 is 14.3 Å². The van der Waals surface area contributed by atoms with E-state index in [1.54, 1.807) is 4.68 Å². The topological polar surface area (TPSA) is 78.3 Å². The Labute approximate surface area is 118 Å². The number of aryl methyl sites for hydroxylation is 1. The highest BCUT2D eigenvalue weighted by molar-refractivity contribution is 5.77. The SMILES string of the molecule is Cc1cn(CCNC(=O)COC[C@H]2CCCCO2)nn1. The molecule has 112 valence electrons. The van der Waals surface area contributed by atoms with Crippen LogP contribution in [0.25, 0.3) is 0 Å². The number of aromatic nitrogens is 3. The van der Waals surface area contributed by atoms with E-state index in [4.69, 9.17) is 9.47 Å². The molecule has 7 nitrogen and oxygen atoms in total. The van der Waals surface area contributed by atoms with Crippen LogP contribution >= 0.6 is 0 Å². The van der Waals surface area contributed by atoms with E-state index >= 15 is 0 Å². The lowest BCUT2D eigenvalue weighted by Crippen LogP contribution is -2.32. The number of nitrogens with one attached hydrogen (secondary N) is 1. The summed E-state index contributed by atoms with van der Waals surface area (Å²) in [7, 11) is 0. The summed E-state index contributed by atoms with van der Waals surface area (Å²) in [5.74, 6) is -0.113. The van der Waals surface area contributed by atoms with Gasteiger partial charge in [-0.25, -0.2) is 0 Å². The zero-order chi connectivity index (χ0) is 14.2. The van der Waals surface area contributed by atoms with Gasteiger partial charge in [-0.3, -0.25) is 9.48 Å². The third-order valence-corrected chi connectivity index (χ3v) is 3.13. The molecule has 1 fully saturated rings. The Morgan fingerprint density at radius 3 is 3.20 bits per heavy atom. The lowest BCUT2D eigenvalue weighted by molar-refractivity contribution is -0.127. The first-order valence-corrected chi connectivity index (χ1v) is 7.07. The van der Waals surface area contributed by atoms with Gasteiger partial charge in [0, 0.05) is 19.3 Å². The van der Waals surface area contributed by atoms with E-state index in [1.165, 1.54) is 6.42 Å². The maximum absolute atomic E-state index is 11.6. The van der Waals surface area contributed by atoms with E-state index in [-0.39, 0.29) is 18.6 Å². The fourth-order valence-electron chi connectivity index (χ4n) is 2.09. The van der Waals surface area contributed by atoms with Crippen molar-refractivity contribution in [1.82, 2.24) is 20.3 Å². The molecule has 0 aromatic carbocycles. The van der Waals surface area contributed by atoms with Gasteiger partial charge in [0.05, 0.1) is 24.9 Å². The van der Waals surface area contributed by atoms with Crippen LogP contribution < -0.4 is 5.32 Å². The van der Waals surface area contributed by atoms with E-state index in [2.05, 4.69) is 15.6 Å². The Morgan fingerprint density at radius 2 is 2.50 bits per heavy atom. The molecule has 0 aliphatic carbocycles. The van der Waals surface area contributed by atoms with Crippen molar-refractivity contribution >= 4 is 5.91 Å². The average molecular weight is 282 g/mol. The van der Waals surface area contributed by atoms with Crippen molar-refractivity contribution in [2.75, 3.05) is 26.4 Å². The fourth-order valence-corrected chi connectivity index (χ4v) is 2.09. The van der Waals surface area contributed by atoms with Crippen molar-refractivity contribution in [1.29, 1.82) is 0 Å². The first kappa shape index (κ1) is 14.9. The number of ether oxygens (including phenoxy) is 2. The predicted octanol–water partition coefficient (Wildman–Crippen LogP) is 0.288. The Morgan fingerprint density at radius 1 is 1.60 bits per heavy atom. The molecule has 0 bridgehead atoms. The number of carbonyl (C=O) groups is 1. The molecule has 1 saturated heterocycles. The maximum atomic E-state index is 11.6. The summed E-state index contributed by atoms with van der Waals surface area (Å²) in [6.07, 6.45) is 5.31. The van der Waals surface area contributed by atoms with Crippen LogP contribution in [0.5, 0.6) is 0 Å². The van der Waals surface area contributed by atoms with Gasteiger partial charge in [-0.05, 0) is 26.2 Å². The van der Waals surface area contributed by atoms with Gasteiger partial charge in [0.1, 0.15) is 6.61 Å². The first-order chi connectivity index (χ1) is 9.74. The van der Waals surface area contributed by atoms with Gasteiger partial charge in [-0.1, -0.05) is 5.21 Å². The Hall–Kier alpha value is -1.47. The number of nitrogens with zero attached hydrogens (tertiary/aromatic N) is 3. The molecule has 2 rings (SSSR count). The second-order valence-electron chi connectivity index (χ2n) is 4.98. The second-order valence-corrected chi connectivity index (χ2v) is 4.98. The van der Waals surface area contributed by atoms with Crippen LogP contribution in [0.1, 0.15) is 25.0 Å². The minimum atomic E-state index is -0.113. The molecule has 1 aromatic rings. The molecule has 1 amide bonds. The van der Waals surface area contributed by atoms with E-state index in [0.29, 0.717) is 19.7 Å².